The Morgan fingerprint density at radius 3 is 2.22 bits per heavy atom. The fraction of sp³-hybridized carbons (Fsp3) is 0.261. The van der Waals surface area contributed by atoms with E-state index in [4.69, 9.17) is 0 Å². The van der Waals surface area contributed by atoms with Crippen LogP contribution >= 0.6 is 0 Å². The van der Waals surface area contributed by atoms with Crippen LogP contribution < -0.4 is 9.80 Å². The van der Waals surface area contributed by atoms with Gasteiger partial charge in [-0.05, 0) is 42.0 Å². The van der Waals surface area contributed by atoms with Crippen molar-refractivity contribution in [3.63, 3.8) is 0 Å². The first-order chi connectivity index (χ1) is 15.0. The molecule has 0 aliphatic carbocycles. The van der Waals surface area contributed by atoms with Crippen molar-refractivity contribution in [2.24, 2.45) is 0 Å². The minimum absolute atomic E-state index is 0. The number of nitrogens with one attached hydrogen (secondary N) is 1. The third-order valence-electron chi connectivity index (χ3n) is 5.58. The summed E-state index contributed by atoms with van der Waals surface area (Å²) < 4.78 is 38.4. The van der Waals surface area contributed by atoms with E-state index in [0.29, 0.717) is 26.2 Å². The molecule has 6 nitrogen and oxygen atoms in total. The molecule has 1 saturated heterocycles. The van der Waals surface area contributed by atoms with E-state index in [1.165, 1.54) is 12.1 Å². The summed E-state index contributed by atoms with van der Waals surface area (Å²) in [4.78, 5) is 13.2. The fourth-order valence-corrected chi connectivity index (χ4v) is 3.92. The first-order valence-electron chi connectivity index (χ1n) is 9.90. The number of H-pyrrole nitrogens is 1. The number of halogens is 3. The molecule has 3 heterocycles. The second kappa shape index (κ2) is 8.49. The molecule has 32 heavy (non-hydrogen) atoms. The van der Waals surface area contributed by atoms with E-state index in [9.17, 15) is 13.2 Å². The maximum atomic E-state index is 12.8. The van der Waals surface area contributed by atoms with E-state index in [2.05, 4.69) is 36.0 Å². The highest BCUT2D eigenvalue weighted by molar-refractivity contribution is 5.92. The molecule has 1 aliphatic heterocycles. The molecule has 5 rings (SSSR count). The lowest BCUT2D eigenvalue weighted by atomic mass is 10.1. The van der Waals surface area contributed by atoms with Crippen molar-refractivity contribution in [3.8, 4) is 11.1 Å². The summed E-state index contributed by atoms with van der Waals surface area (Å²) in [5.41, 5.74) is 3.05. The summed E-state index contributed by atoms with van der Waals surface area (Å²) in [5.74, 6) is 0.863. The SMILES string of the molecule is C.FC(F)(F)c1ccc(N2CCN(c3ncnc4ccc(-c5cn[nH]c5)cc34)CC2)cc1. The highest BCUT2D eigenvalue weighted by atomic mass is 19.4. The molecule has 1 N–H and O–H groups in total. The second-order valence-electron chi connectivity index (χ2n) is 7.43. The summed E-state index contributed by atoms with van der Waals surface area (Å²) in [6.45, 7) is 2.81. The first-order valence-corrected chi connectivity index (χ1v) is 9.90. The summed E-state index contributed by atoms with van der Waals surface area (Å²) in [7, 11) is 0. The molecule has 1 fully saturated rings. The molecule has 9 heteroatoms. The Bertz CT molecular complexity index is 1180. The van der Waals surface area contributed by atoms with Crippen LogP contribution in [-0.4, -0.2) is 46.3 Å². The van der Waals surface area contributed by atoms with Crippen LogP contribution in [-0.2, 0) is 6.18 Å². The Hall–Kier alpha value is -3.62. The van der Waals surface area contributed by atoms with Crippen molar-refractivity contribution in [1.82, 2.24) is 20.2 Å². The minimum atomic E-state index is -4.32. The van der Waals surface area contributed by atoms with Gasteiger partial charge >= 0.3 is 6.18 Å². The summed E-state index contributed by atoms with van der Waals surface area (Å²) in [6.07, 6.45) is 0.860. The van der Waals surface area contributed by atoms with E-state index >= 15 is 0 Å². The maximum Gasteiger partial charge on any atom is 0.416 e. The molecule has 0 amide bonds. The van der Waals surface area contributed by atoms with Gasteiger partial charge in [0.15, 0.2) is 0 Å². The predicted octanol–water partition coefficient (Wildman–Crippen LogP) is 5.00. The van der Waals surface area contributed by atoms with Gasteiger partial charge in [-0.25, -0.2) is 9.97 Å². The quantitative estimate of drug-likeness (QED) is 0.486. The van der Waals surface area contributed by atoms with Gasteiger partial charge in [0, 0.05) is 49.0 Å². The standard InChI is InChI=1S/C22H19F3N6.CH4/c23-22(24,25)17-2-4-18(5-3-17)30-7-9-31(10-8-30)21-19-11-15(16-12-28-29-13-16)1-6-20(19)26-14-27-21;/h1-6,11-14H,7-10H2,(H,28,29);1H4. The van der Waals surface area contributed by atoms with Crippen LogP contribution in [0.25, 0.3) is 22.0 Å². The summed E-state index contributed by atoms with van der Waals surface area (Å²) in [6, 6.07) is 11.4. The largest absolute Gasteiger partial charge is 0.416 e. The topological polar surface area (TPSA) is 60.9 Å². The molecule has 4 aromatic rings. The van der Waals surface area contributed by atoms with Crippen LogP contribution in [0.4, 0.5) is 24.7 Å². The Morgan fingerprint density at radius 2 is 1.56 bits per heavy atom. The number of anilines is 2. The van der Waals surface area contributed by atoms with Crippen LogP contribution in [0.15, 0.2) is 61.2 Å². The van der Waals surface area contributed by atoms with Crippen molar-refractivity contribution in [3.05, 3.63) is 66.7 Å². The first kappa shape index (κ1) is 21.6. The number of hydrogen-bond acceptors (Lipinski definition) is 5. The Kier molecular flexibility index (Phi) is 5.73. The normalized spacial score (nSPS) is 14.5. The lowest BCUT2D eigenvalue weighted by molar-refractivity contribution is -0.137. The molecule has 0 unspecified atom stereocenters. The third-order valence-corrected chi connectivity index (χ3v) is 5.58. The molecule has 0 bridgehead atoms. The van der Waals surface area contributed by atoms with Gasteiger partial charge in [-0.3, -0.25) is 5.10 Å². The van der Waals surface area contributed by atoms with Gasteiger partial charge in [0.1, 0.15) is 12.1 Å². The Labute approximate surface area is 183 Å². The van der Waals surface area contributed by atoms with Crippen molar-refractivity contribution in [1.29, 1.82) is 0 Å². The third kappa shape index (κ3) is 4.10. The zero-order chi connectivity index (χ0) is 21.4. The van der Waals surface area contributed by atoms with Gasteiger partial charge in [-0.15, -0.1) is 0 Å². The van der Waals surface area contributed by atoms with Gasteiger partial charge in [0.2, 0.25) is 0 Å². The lowest BCUT2D eigenvalue weighted by Crippen LogP contribution is -2.46. The number of piperazine rings is 1. The fourth-order valence-electron chi connectivity index (χ4n) is 3.92. The Balaban J connectivity index is 0.00000245. The monoisotopic (exact) mass is 440 g/mol. The summed E-state index contributed by atoms with van der Waals surface area (Å²) >= 11 is 0. The van der Waals surface area contributed by atoms with Gasteiger partial charge < -0.3 is 9.80 Å². The molecule has 0 spiro atoms. The average molecular weight is 440 g/mol. The molecule has 1 aliphatic rings. The van der Waals surface area contributed by atoms with E-state index < -0.39 is 11.7 Å². The highest BCUT2D eigenvalue weighted by Gasteiger charge is 2.30. The van der Waals surface area contributed by atoms with Gasteiger partial charge in [-0.1, -0.05) is 13.5 Å². The van der Waals surface area contributed by atoms with E-state index in [-0.39, 0.29) is 7.43 Å². The number of rotatable bonds is 3. The lowest BCUT2D eigenvalue weighted by Gasteiger charge is -2.37. The number of nitrogens with zero attached hydrogens (tertiary/aromatic N) is 5. The smallest absolute Gasteiger partial charge is 0.368 e. The highest BCUT2D eigenvalue weighted by Crippen LogP contribution is 2.32. The van der Waals surface area contributed by atoms with Crippen LogP contribution in [0.1, 0.15) is 13.0 Å². The zero-order valence-corrected chi connectivity index (χ0v) is 16.5. The number of fused-ring (bicyclic) bond motifs is 1. The van der Waals surface area contributed by atoms with Crippen molar-refractivity contribution >= 4 is 22.4 Å². The van der Waals surface area contributed by atoms with Gasteiger partial charge in [0.25, 0.3) is 0 Å². The maximum absolute atomic E-state index is 12.8. The van der Waals surface area contributed by atoms with Crippen molar-refractivity contribution in [2.75, 3.05) is 36.0 Å². The van der Waals surface area contributed by atoms with Gasteiger partial charge in [0.05, 0.1) is 17.3 Å². The number of benzene rings is 2. The second-order valence-corrected chi connectivity index (χ2v) is 7.43. The van der Waals surface area contributed by atoms with Gasteiger partial charge in [-0.2, -0.15) is 18.3 Å². The molecule has 2 aromatic carbocycles. The summed E-state index contributed by atoms with van der Waals surface area (Å²) in [5, 5.41) is 7.80. The van der Waals surface area contributed by atoms with Crippen LogP contribution in [0.3, 0.4) is 0 Å². The molecule has 0 saturated carbocycles. The molecule has 2 aromatic heterocycles. The van der Waals surface area contributed by atoms with Crippen LogP contribution in [0.5, 0.6) is 0 Å². The average Bonchev–Trinajstić information content (AvgIpc) is 3.33. The van der Waals surface area contributed by atoms with Crippen molar-refractivity contribution in [2.45, 2.75) is 13.6 Å². The minimum Gasteiger partial charge on any atom is -0.368 e. The van der Waals surface area contributed by atoms with Crippen molar-refractivity contribution < 1.29 is 13.2 Å². The van der Waals surface area contributed by atoms with E-state index in [0.717, 1.165) is 45.7 Å². The van der Waals surface area contributed by atoms with Crippen LogP contribution in [0, 0.1) is 0 Å². The molecule has 0 atom stereocenters. The molecule has 166 valence electrons. The molecule has 0 radical (unpaired) electrons. The van der Waals surface area contributed by atoms with E-state index in [1.54, 1.807) is 12.5 Å². The number of aromatic amines is 1. The zero-order valence-electron chi connectivity index (χ0n) is 16.5. The predicted molar refractivity (Wildman–Crippen MR) is 120 cm³/mol. The molecular weight excluding hydrogens is 417 g/mol. The number of aromatic nitrogens is 4. The van der Waals surface area contributed by atoms with Crippen LogP contribution in [0.2, 0.25) is 0 Å². The van der Waals surface area contributed by atoms with E-state index in [1.807, 2.05) is 18.3 Å². The Morgan fingerprint density at radius 1 is 0.844 bits per heavy atom. The molecular formula is C23H23F3N6. The number of alkyl halides is 3. The number of hydrogen-bond donors (Lipinski definition) is 1.